The van der Waals surface area contributed by atoms with E-state index in [2.05, 4.69) is 17.2 Å². The molecule has 9 heteroatoms. The maximum Gasteiger partial charge on any atom is 0.293 e. The zero-order valence-electron chi connectivity index (χ0n) is 19.9. The fourth-order valence-corrected chi connectivity index (χ4v) is 4.28. The fraction of sp³-hybridized carbons (Fsp3) is 0.259. The van der Waals surface area contributed by atoms with Crippen LogP contribution in [0.15, 0.2) is 65.1 Å². The highest BCUT2D eigenvalue weighted by atomic mass is 16.6. The standard InChI is InChI=1S/C27H26N4O5/c1-2-18-5-10-25-22(15-18)29-26(36-25)16-19-3-7-21(8-4-19)28-27(32)20-6-9-23(24(17-20)31(33)34)30-11-13-35-14-12-30/h3-10,15,17H,2,11-14,16H2,1H3,(H,28,32). The second kappa shape index (κ2) is 10.2. The minimum absolute atomic E-state index is 0.0932. The molecule has 3 aromatic carbocycles. The molecule has 1 aromatic heterocycles. The van der Waals surface area contributed by atoms with Crippen LogP contribution in [0.1, 0.15) is 34.3 Å². The van der Waals surface area contributed by atoms with E-state index in [1.165, 1.54) is 11.6 Å². The van der Waals surface area contributed by atoms with Crippen molar-refractivity contribution in [2.24, 2.45) is 0 Å². The molecule has 1 fully saturated rings. The molecule has 0 atom stereocenters. The lowest BCUT2D eigenvalue weighted by Gasteiger charge is -2.28. The van der Waals surface area contributed by atoms with Crippen LogP contribution in [0.2, 0.25) is 0 Å². The Balaban J connectivity index is 1.27. The summed E-state index contributed by atoms with van der Waals surface area (Å²) in [5, 5.41) is 14.5. The van der Waals surface area contributed by atoms with E-state index in [9.17, 15) is 14.9 Å². The lowest BCUT2D eigenvalue weighted by Crippen LogP contribution is -2.36. The average molecular weight is 487 g/mol. The van der Waals surface area contributed by atoms with Gasteiger partial charge in [-0.1, -0.05) is 25.1 Å². The number of nitrogens with zero attached hydrogens (tertiary/aromatic N) is 3. The van der Waals surface area contributed by atoms with Gasteiger partial charge in [0.2, 0.25) is 0 Å². The largest absolute Gasteiger partial charge is 0.440 e. The third-order valence-corrected chi connectivity index (χ3v) is 6.26. The van der Waals surface area contributed by atoms with Crippen LogP contribution < -0.4 is 10.2 Å². The van der Waals surface area contributed by atoms with Crippen molar-refractivity contribution >= 4 is 34.1 Å². The van der Waals surface area contributed by atoms with Gasteiger partial charge in [0.1, 0.15) is 11.2 Å². The van der Waals surface area contributed by atoms with Crippen molar-refractivity contribution < 1.29 is 18.9 Å². The Bertz CT molecular complexity index is 1410. The summed E-state index contributed by atoms with van der Waals surface area (Å²) in [5.74, 6) is 0.216. The van der Waals surface area contributed by atoms with Crippen LogP contribution in [0.4, 0.5) is 17.1 Å². The van der Waals surface area contributed by atoms with Crippen molar-refractivity contribution in [1.82, 2.24) is 4.98 Å². The lowest BCUT2D eigenvalue weighted by molar-refractivity contribution is -0.384. The van der Waals surface area contributed by atoms with Crippen LogP contribution in [0.5, 0.6) is 0 Å². The third kappa shape index (κ3) is 5.06. The van der Waals surface area contributed by atoms with Crippen LogP contribution in [0, 0.1) is 10.1 Å². The molecule has 1 saturated heterocycles. The number of anilines is 2. The summed E-state index contributed by atoms with van der Waals surface area (Å²) in [7, 11) is 0. The molecule has 1 amide bonds. The van der Waals surface area contributed by atoms with E-state index in [1.54, 1.807) is 24.3 Å². The SMILES string of the molecule is CCc1ccc2oc(Cc3ccc(NC(=O)c4ccc(N5CCOCC5)c([N+](=O)[O-])c4)cc3)nc2c1. The summed E-state index contributed by atoms with van der Waals surface area (Å²) in [5.41, 5.74) is 5.03. The molecule has 1 aliphatic rings. The monoisotopic (exact) mass is 486 g/mol. The van der Waals surface area contributed by atoms with Crippen molar-refractivity contribution in [2.45, 2.75) is 19.8 Å². The van der Waals surface area contributed by atoms with E-state index < -0.39 is 10.8 Å². The Morgan fingerprint density at radius 2 is 1.81 bits per heavy atom. The normalized spacial score (nSPS) is 13.6. The average Bonchev–Trinajstić information content (AvgIpc) is 3.31. The highest BCUT2D eigenvalue weighted by Crippen LogP contribution is 2.30. The highest BCUT2D eigenvalue weighted by Gasteiger charge is 2.23. The van der Waals surface area contributed by atoms with Gasteiger partial charge in [-0.3, -0.25) is 14.9 Å². The Morgan fingerprint density at radius 1 is 1.06 bits per heavy atom. The highest BCUT2D eigenvalue weighted by molar-refractivity contribution is 6.05. The second-order valence-corrected chi connectivity index (χ2v) is 8.65. The first-order chi connectivity index (χ1) is 17.5. The molecular formula is C27H26N4O5. The molecule has 9 nitrogen and oxygen atoms in total. The van der Waals surface area contributed by atoms with Gasteiger partial charge in [0.15, 0.2) is 11.5 Å². The second-order valence-electron chi connectivity index (χ2n) is 8.65. The molecule has 0 bridgehead atoms. The molecular weight excluding hydrogens is 460 g/mol. The van der Waals surface area contributed by atoms with Gasteiger partial charge in [-0.05, 0) is 53.9 Å². The number of nitro benzene ring substituents is 1. The molecule has 184 valence electrons. The number of rotatable bonds is 7. The van der Waals surface area contributed by atoms with Crippen molar-refractivity contribution in [1.29, 1.82) is 0 Å². The topological polar surface area (TPSA) is 111 Å². The van der Waals surface area contributed by atoms with E-state index >= 15 is 0 Å². The number of nitro groups is 1. The van der Waals surface area contributed by atoms with Gasteiger partial charge in [-0.2, -0.15) is 0 Å². The predicted molar refractivity (Wildman–Crippen MR) is 137 cm³/mol. The van der Waals surface area contributed by atoms with Crippen molar-refractivity contribution in [3.63, 3.8) is 0 Å². The number of aryl methyl sites for hydroxylation is 1. The number of morpholine rings is 1. The number of fused-ring (bicyclic) bond motifs is 1. The molecule has 0 radical (unpaired) electrons. The predicted octanol–water partition coefficient (Wildman–Crippen LogP) is 4.98. The maximum atomic E-state index is 12.8. The zero-order valence-corrected chi connectivity index (χ0v) is 19.9. The van der Waals surface area contributed by atoms with Crippen LogP contribution in [0.25, 0.3) is 11.1 Å². The molecule has 5 rings (SSSR count). The Morgan fingerprint density at radius 3 is 2.53 bits per heavy atom. The van der Waals surface area contributed by atoms with Crippen LogP contribution >= 0.6 is 0 Å². The van der Waals surface area contributed by atoms with E-state index in [0.29, 0.717) is 50.0 Å². The van der Waals surface area contributed by atoms with Gasteiger partial charge in [-0.15, -0.1) is 0 Å². The number of ether oxygens (including phenoxy) is 1. The number of oxazole rings is 1. The summed E-state index contributed by atoms with van der Waals surface area (Å²) in [6.07, 6.45) is 1.47. The first kappa shape index (κ1) is 23.5. The fourth-order valence-electron chi connectivity index (χ4n) is 4.28. The summed E-state index contributed by atoms with van der Waals surface area (Å²) >= 11 is 0. The Kier molecular flexibility index (Phi) is 6.64. The summed E-state index contributed by atoms with van der Waals surface area (Å²) in [6.45, 7) is 4.28. The van der Waals surface area contributed by atoms with Crippen LogP contribution in [-0.2, 0) is 17.6 Å². The quantitative estimate of drug-likeness (QED) is 0.290. The summed E-state index contributed by atoms with van der Waals surface area (Å²) in [6, 6.07) is 18.0. The molecule has 0 aliphatic carbocycles. The molecule has 36 heavy (non-hydrogen) atoms. The van der Waals surface area contributed by atoms with E-state index in [-0.39, 0.29) is 11.3 Å². The molecule has 1 aliphatic heterocycles. The van der Waals surface area contributed by atoms with Gasteiger partial charge < -0.3 is 19.4 Å². The molecule has 0 spiro atoms. The lowest BCUT2D eigenvalue weighted by atomic mass is 10.1. The van der Waals surface area contributed by atoms with Crippen molar-refractivity contribution in [3.8, 4) is 0 Å². The molecule has 1 N–H and O–H groups in total. The first-order valence-electron chi connectivity index (χ1n) is 11.9. The number of hydrogen-bond acceptors (Lipinski definition) is 7. The molecule has 2 heterocycles. The third-order valence-electron chi connectivity index (χ3n) is 6.26. The summed E-state index contributed by atoms with van der Waals surface area (Å²) < 4.78 is 11.2. The van der Waals surface area contributed by atoms with Crippen LogP contribution in [0.3, 0.4) is 0 Å². The number of benzene rings is 3. The number of carbonyl (C=O) groups is 1. The minimum atomic E-state index is -0.453. The Labute approximate surface area is 207 Å². The van der Waals surface area contributed by atoms with Gasteiger partial charge in [0.25, 0.3) is 11.6 Å². The van der Waals surface area contributed by atoms with Crippen molar-refractivity contribution in [2.75, 3.05) is 36.5 Å². The number of aromatic nitrogens is 1. The van der Waals surface area contributed by atoms with Gasteiger partial charge in [-0.25, -0.2) is 4.98 Å². The minimum Gasteiger partial charge on any atom is -0.440 e. The van der Waals surface area contributed by atoms with E-state index in [1.807, 2.05) is 35.2 Å². The number of carbonyl (C=O) groups excluding carboxylic acids is 1. The van der Waals surface area contributed by atoms with Gasteiger partial charge in [0, 0.05) is 36.8 Å². The van der Waals surface area contributed by atoms with Gasteiger partial charge in [0.05, 0.1) is 18.1 Å². The number of amides is 1. The smallest absolute Gasteiger partial charge is 0.293 e. The van der Waals surface area contributed by atoms with Gasteiger partial charge >= 0.3 is 0 Å². The summed E-state index contributed by atoms with van der Waals surface area (Å²) in [4.78, 5) is 30.5. The molecule has 0 unspecified atom stereocenters. The first-order valence-corrected chi connectivity index (χ1v) is 11.9. The van der Waals surface area contributed by atoms with Crippen LogP contribution in [-0.4, -0.2) is 42.1 Å². The number of hydrogen-bond donors (Lipinski definition) is 1. The van der Waals surface area contributed by atoms with E-state index in [0.717, 1.165) is 23.1 Å². The molecule has 4 aromatic rings. The maximum absolute atomic E-state index is 12.8. The zero-order chi connectivity index (χ0) is 25.1. The molecule has 0 saturated carbocycles. The van der Waals surface area contributed by atoms with Crippen molar-refractivity contribution in [3.05, 3.63) is 93.4 Å². The number of nitrogens with one attached hydrogen (secondary N) is 1. The Hall–Kier alpha value is -4.24. The van der Waals surface area contributed by atoms with E-state index in [4.69, 9.17) is 9.15 Å².